The van der Waals surface area contributed by atoms with Crippen molar-refractivity contribution in [3.05, 3.63) is 52.2 Å². The van der Waals surface area contributed by atoms with E-state index < -0.39 is 0 Å². The van der Waals surface area contributed by atoms with Gasteiger partial charge >= 0.3 is 0 Å². The Hall–Kier alpha value is -2.03. The van der Waals surface area contributed by atoms with Crippen LogP contribution in [0.5, 0.6) is 0 Å². The maximum absolute atomic E-state index is 12.1. The predicted molar refractivity (Wildman–Crippen MR) is 108 cm³/mol. The van der Waals surface area contributed by atoms with Crippen molar-refractivity contribution in [2.24, 2.45) is 5.92 Å². The topological polar surface area (TPSA) is 65.8 Å². The van der Waals surface area contributed by atoms with Crippen LogP contribution in [0.4, 0.5) is 5.69 Å². The lowest BCUT2D eigenvalue weighted by molar-refractivity contribution is -0.115. The molecule has 0 fully saturated rings. The number of benzene rings is 1. The molecule has 2 aromatic rings. The SMILES string of the molecule is Cc1ccc(NC(=O)CCSc2nc(CC(C)C)ccc2C#N)cc1Cl. The normalized spacial score (nSPS) is 10.6. The van der Waals surface area contributed by atoms with Gasteiger partial charge in [-0.3, -0.25) is 4.79 Å². The van der Waals surface area contributed by atoms with Gasteiger partial charge < -0.3 is 5.32 Å². The summed E-state index contributed by atoms with van der Waals surface area (Å²) in [6, 6.07) is 11.3. The fourth-order valence-corrected chi connectivity index (χ4v) is 3.45. The molecule has 26 heavy (non-hydrogen) atoms. The molecule has 1 N–H and O–H groups in total. The molecule has 0 unspecified atom stereocenters. The number of thioether (sulfide) groups is 1. The van der Waals surface area contributed by atoms with Gasteiger partial charge in [0.2, 0.25) is 5.91 Å². The van der Waals surface area contributed by atoms with Gasteiger partial charge in [-0.25, -0.2) is 4.98 Å². The largest absolute Gasteiger partial charge is 0.326 e. The third-order valence-corrected chi connectivity index (χ3v) is 5.08. The van der Waals surface area contributed by atoms with Crippen LogP contribution in [0.15, 0.2) is 35.4 Å². The summed E-state index contributed by atoms with van der Waals surface area (Å²) in [4.78, 5) is 16.7. The number of nitrogens with one attached hydrogen (secondary N) is 1. The number of amides is 1. The summed E-state index contributed by atoms with van der Waals surface area (Å²) in [5.74, 6) is 0.966. The second-order valence-corrected chi connectivity index (χ2v) is 7.97. The Labute approximate surface area is 164 Å². The van der Waals surface area contributed by atoms with E-state index in [1.54, 1.807) is 12.1 Å². The highest BCUT2D eigenvalue weighted by Crippen LogP contribution is 2.23. The number of hydrogen-bond acceptors (Lipinski definition) is 4. The highest BCUT2D eigenvalue weighted by molar-refractivity contribution is 7.99. The van der Waals surface area contributed by atoms with Crippen LogP contribution in [0.3, 0.4) is 0 Å². The molecule has 0 aliphatic rings. The van der Waals surface area contributed by atoms with Crippen molar-refractivity contribution < 1.29 is 4.79 Å². The number of rotatable bonds is 7. The zero-order chi connectivity index (χ0) is 19.1. The number of pyridine rings is 1. The van der Waals surface area contributed by atoms with Crippen molar-refractivity contribution in [2.75, 3.05) is 11.1 Å². The summed E-state index contributed by atoms with van der Waals surface area (Å²) in [7, 11) is 0. The lowest BCUT2D eigenvalue weighted by atomic mass is 10.1. The number of nitriles is 1. The number of aryl methyl sites for hydroxylation is 1. The van der Waals surface area contributed by atoms with Gasteiger partial charge in [-0.15, -0.1) is 11.8 Å². The molecule has 6 heteroatoms. The van der Waals surface area contributed by atoms with Crippen molar-refractivity contribution in [1.29, 1.82) is 5.26 Å². The smallest absolute Gasteiger partial charge is 0.225 e. The lowest BCUT2D eigenvalue weighted by Gasteiger charge is -2.09. The molecule has 2 rings (SSSR count). The molecule has 0 aliphatic carbocycles. The molecular weight excluding hydrogens is 366 g/mol. The number of carbonyl (C=O) groups excluding carboxylic acids is 1. The minimum Gasteiger partial charge on any atom is -0.326 e. The highest BCUT2D eigenvalue weighted by atomic mass is 35.5. The molecule has 0 aliphatic heterocycles. The fourth-order valence-electron chi connectivity index (χ4n) is 2.34. The van der Waals surface area contributed by atoms with Crippen molar-refractivity contribution in [3.8, 4) is 6.07 Å². The molecule has 136 valence electrons. The van der Waals surface area contributed by atoms with Gasteiger partial charge in [-0.1, -0.05) is 31.5 Å². The van der Waals surface area contributed by atoms with E-state index in [9.17, 15) is 10.1 Å². The molecule has 0 spiro atoms. The summed E-state index contributed by atoms with van der Waals surface area (Å²) in [5, 5.41) is 13.4. The van der Waals surface area contributed by atoms with Crippen LogP contribution < -0.4 is 5.32 Å². The van der Waals surface area contributed by atoms with Gasteiger partial charge in [0, 0.05) is 28.6 Å². The Morgan fingerprint density at radius 3 is 2.77 bits per heavy atom. The average Bonchev–Trinajstić information content (AvgIpc) is 2.58. The van der Waals surface area contributed by atoms with E-state index in [1.165, 1.54) is 11.8 Å². The van der Waals surface area contributed by atoms with E-state index in [4.69, 9.17) is 11.6 Å². The van der Waals surface area contributed by atoms with Crippen molar-refractivity contribution in [1.82, 2.24) is 4.98 Å². The Bertz CT molecular complexity index is 830. The van der Waals surface area contributed by atoms with E-state index in [0.29, 0.717) is 39.4 Å². The summed E-state index contributed by atoms with van der Waals surface area (Å²) < 4.78 is 0. The molecule has 4 nitrogen and oxygen atoms in total. The number of carbonyl (C=O) groups is 1. The predicted octanol–water partition coefficient (Wildman–Crippen LogP) is 5.23. The number of nitrogens with zero attached hydrogens (tertiary/aromatic N) is 2. The zero-order valence-electron chi connectivity index (χ0n) is 15.2. The van der Waals surface area contributed by atoms with E-state index >= 15 is 0 Å². The molecule has 1 amide bonds. The van der Waals surface area contributed by atoms with Crippen LogP contribution in [0.25, 0.3) is 0 Å². The van der Waals surface area contributed by atoms with Gasteiger partial charge in [-0.2, -0.15) is 5.26 Å². The van der Waals surface area contributed by atoms with Gasteiger partial charge in [0.05, 0.1) is 5.56 Å². The minimum absolute atomic E-state index is 0.0886. The molecule has 1 heterocycles. The molecule has 0 saturated carbocycles. The molecule has 1 aromatic carbocycles. The first-order valence-electron chi connectivity index (χ1n) is 8.48. The first kappa shape index (κ1) is 20.3. The van der Waals surface area contributed by atoms with Gasteiger partial charge in [0.15, 0.2) is 0 Å². The number of anilines is 1. The van der Waals surface area contributed by atoms with E-state index in [0.717, 1.165) is 17.7 Å². The maximum Gasteiger partial charge on any atom is 0.225 e. The van der Waals surface area contributed by atoms with Crippen LogP contribution >= 0.6 is 23.4 Å². The maximum atomic E-state index is 12.1. The van der Waals surface area contributed by atoms with Gasteiger partial charge in [0.1, 0.15) is 11.1 Å². The van der Waals surface area contributed by atoms with Crippen LogP contribution in [0, 0.1) is 24.2 Å². The molecule has 0 saturated heterocycles. The molecular formula is C20H22ClN3OS. The Balaban J connectivity index is 1.92. The molecule has 0 bridgehead atoms. The molecule has 1 aromatic heterocycles. The minimum atomic E-state index is -0.0886. The Morgan fingerprint density at radius 2 is 2.12 bits per heavy atom. The summed E-state index contributed by atoms with van der Waals surface area (Å²) in [6.07, 6.45) is 1.20. The van der Waals surface area contributed by atoms with Crippen LogP contribution in [-0.4, -0.2) is 16.6 Å². The summed E-state index contributed by atoms with van der Waals surface area (Å²) in [5.41, 5.74) is 3.18. The lowest BCUT2D eigenvalue weighted by Crippen LogP contribution is -2.12. The zero-order valence-corrected chi connectivity index (χ0v) is 16.7. The highest BCUT2D eigenvalue weighted by Gasteiger charge is 2.10. The van der Waals surface area contributed by atoms with Crippen LogP contribution in [-0.2, 0) is 11.2 Å². The Kier molecular flexibility index (Phi) is 7.50. The average molecular weight is 388 g/mol. The van der Waals surface area contributed by atoms with Crippen molar-refractivity contribution in [2.45, 2.75) is 38.6 Å². The van der Waals surface area contributed by atoms with Crippen molar-refractivity contribution in [3.63, 3.8) is 0 Å². The van der Waals surface area contributed by atoms with Crippen LogP contribution in [0.1, 0.15) is 37.1 Å². The fraction of sp³-hybridized carbons (Fsp3) is 0.350. The van der Waals surface area contributed by atoms with Gasteiger partial charge in [-0.05, 0) is 49.1 Å². The molecule has 0 radical (unpaired) electrons. The standard InChI is InChI=1S/C20H22ClN3OS/c1-13(2)10-16-7-5-15(12-22)20(24-16)26-9-8-19(25)23-17-6-4-14(3)18(21)11-17/h4-7,11,13H,8-10H2,1-3H3,(H,23,25). The van der Waals surface area contributed by atoms with Crippen molar-refractivity contribution >= 4 is 35.0 Å². The van der Waals surface area contributed by atoms with E-state index in [2.05, 4.69) is 30.2 Å². The first-order chi connectivity index (χ1) is 12.4. The van der Waals surface area contributed by atoms with Crippen LogP contribution in [0.2, 0.25) is 5.02 Å². The number of aromatic nitrogens is 1. The second-order valence-electron chi connectivity index (χ2n) is 6.48. The first-order valence-corrected chi connectivity index (χ1v) is 9.84. The third-order valence-electron chi connectivity index (χ3n) is 3.68. The third kappa shape index (κ3) is 6.05. The summed E-state index contributed by atoms with van der Waals surface area (Å²) >= 11 is 7.51. The van der Waals surface area contributed by atoms with E-state index in [1.807, 2.05) is 25.1 Å². The number of hydrogen-bond donors (Lipinski definition) is 1. The van der Waals surface area contributed by atoms with E-state index in [-0.39, 0.29) is 5.91 Å². The summed E-state index contributed by atoms with van der Waals surface area (Å²) in [6.45, 7) is 6.18. The Morgan fingerprint density at radius 1 is 1.35 bits per heavy atom. The van der Waals surface area contributed by atoms with Gasteiger partial charge in [0.25, 0.3) is 0 Å². The second kappa shape index (κ2) is 9.61. The quantitative estimate of drug-likeness (QED) is 0.660. The molecule has 0 atom stereocenters. The monoisotopic (exact) mass is 387 g/mol. The number of halogens is 1.